The molecule has 0 aliphatic carbocycles. The van der Waals surface area contributed by atoms with Gasteiger partial charge < -0.3 is 14.6 Å². The molecule has 2 aromatic heterocycles. The second kappa shape index (κ2) is 7.77. The molecule has 5 nitrogen and oxygen atoms in total. The third-order valence-corrected chi connectivity index (χ3v) is 4.11. The van der Waals surface area contributed by atoms with Crippen molar-refractivity contribution in [1.82, 2.24) is 14.5 Å². The van der Waals surface area contributed by atoms with Gasteiger partial charge in [-0.2, -0.15) is 0 Å². The minimum absolute atomic E-state index is 0.0753. The van der Waals surface area contributed by atoms with Crippen LogP contribution in [0, 0.1) is 0 Å². The van der Waals surface area contributed by atoms with Crippen molar-refractivity contribution >= 4 is 22.9 Å². The van der Waals surface area contributed by atoms with E-state index >= 15 is 0 Å². The number of nitrogens with zero attached hydrogens (tertiary/aromatic N) is 3. The van der Waals surface area contributed by atoms with Gasteiger partial charge in [0, 0.05) is 61.3 Å². The molecule has 0 fully saturated rings. The molecule has 0 aliphatic heterocycles. The Labute approximate surface area is 146 Å². The second-order valence-electron chi connectivity index (χ2n) is 5.89. The van der Waals surface area contributed by atoms with Crippen LogP contribution in [0.3, 0.4) is 0 Å². The molecule has 2 heterocycles. The fraction of sp³-hybridized carbons (Fsp3) is 0.200. The largest absolute Gasteiger partial charge is 0.395 e. The first-order valence-electron chi connectivity index (χ1n) is 8.20. The van der Waals surface area contributed by atoms with E-state index in [4.69, 9.17) is 0 Å². The van der Waals surface area contributed by atoms with Gasteiger partial charge in [-0.05, 0) is 23.8 Å². The van der Waals surface area contributed by atoms with Gasteiger partial charge in [0.05, 0.1) is 6.61 Å². The maximum atomic E-state index is 12.6. The first-order valence-corrected chi connectivity index (χ1v) is 8.20. The Balaban J connectivity index is 1.79. The maximum absolute atomic E-state index is 12.6. The highest BCUT2D eigenvalue weighted by atomic mass is 16.3. The lowest BCUT2D eigenvalue weighted by atomic mass is 10.1. The van der Waals surface area contributed by atoms with Crippen LogP contribution < -0.4 is 0 Å². The molecule has 0 atom stereocenters. The zero-order chi connectivity index (χ0) is 17.6. The van der Waals surface area contributed by atoms with E-state index in [1.54, 1.807) is 23.4 Å². The number of benzene rings is 1. The number of amides is 1. The van der Waals surface area contributed by atoms with Crippen molar-refractivity contribution in [3.63, 3.8) is 0 Å². The Bertz CT molecular complexity index is 884. The van der Waals surface area contributed by atoms with Crippen LogP contribution in [-0.2, 0) is 18.4 Å². The first-order chi connectivity index (χ1) is 12.2. The molecular weight excluding hydrogens is 314 g/mol. The normalized spacial score (nSPS) is 11.3. The lowest BCUT2D eigenvalue weighted by Crippen LogP contribution is -2.31. The molecule has 1 aromatic carbocycles. The molecule has 0 saturated heterocycles. The molecule has 0 bridgehead atoms. The molecular formula is C20H21N3O2. The molecule has 0 saturated carbocycles. The zero-order valence-electron chi connectivity index (χ0n) is 14.2. The Morgan fingerprint density at radius 3 is 2.88 bits per heavy atom. The fourth-order valence-corrected chi connectivity index (χ4v) is 2.87. The van der Waals surface area contributed by atoms with Crippen molar-refractivity contribution in [3.05, 3.63) is 72.2 Å². The molecule has 5 heteroatoms. The van der Waals surface area contributed by atoms with E-state index < -0.39 is 0 Å². The molecule has 0 unspecified atom stereocenters. The predicted octanol–water partition coefficient (Wildman–Crippen LogP) is 2.61. The van der Waals surface area contributed by atoms with Crippen molar-refractivity contribution in [2.75, 3.05) is 13.2 Å². The van der Waals surface area contributed by atoms with Gasteiger partial charge in [-0.25, -0.2) is 0 Å². The molecule has 25 heavy (non-hydrogen) atoms. The smallest absolute Gasteiger partial charge is 0.246 e. The van der Waals surface area contributed by atoms with Crippen molar-refractivity contribution < 1.29 is 9.90 Å². The van der Waals surface area contributed by atoms with Crippen LogP contribution in [0.2, 0.25) is 0 Å². The maximum Gasteiger partial charge on any atom is 0.246 e. The van der Waals surface area contributed by atoms with Gasteiger partial charge in [0.2, 0.25) is 5.91 Å². The molecule has 3 aromatic rings. The predicted molar refractivity (Wildman–Crippen MR) is 98.7 cm³/mol. The van der Waals surface area contributed by atoms with Crippen molar-refractivity contribution in [2.45, 2.75) is 6.54 Å². The van der Waals surface area contributed by atoms with Crippen LogP contribution in [0.25, 0.3) is 17.0 Å². The topological polar surface area (TPSA) is 58.4 Å². The monoisotopic (exact) mass is 335 g/mol. The summed E-state index contributed by atoms with van der Waals surface area (Å²) in [5.74, 6) is -0.133. The van der Waals surface area contributed by atoms with Crippen molar-refractivity contribution in [3.8, 4) is 0 Å². The van der Waals surface area contributed by atoms with Gasteiger partial charge >= 0.3 is 0 Å². The first kappa shape index (κ1) is 16.9. The number of fused-ring (bicyclic) bond motifs is 1. The Hall–Kier alpha value is -2.92. The number of carbonyl (C=O) groups is 1. The summed E-state index contributed by atoms with van der Waals surface area (Å²) in [5, 5.41) is 10.4. The van der Waals surface area contributed by atoms with Crippen LogP contribution in [0.1, 0.15) is 11.1 Å². The molecule has 3 rings (SSSR count). The summed E-state index contributed by atoms with van der Waals surface area (Å²) in [4.78, 5) is 18.2. The second-order valence-corrected chi connectivity index (χ2v) is 5.89. The van der Waals surface area contributed by atoms with E-state index in [0.717, 1.165) is 22.0 Å². The number of carbonyl (C=O) groups excluding carboxylic acids is 1. The van der Waals surface area contributed by atoms with E-state index in [2.05, 4.69) is 11.1 Å². The summed E-state index contributed by atoms with van der Waals surface area (Å²) in [6.45, 7) is 0.634. The number of hydrogen-bond donors (Lipinski definition) is 1. The number of aryl methyl sites for hydroxylation is 1. The van der Waals surface area contributed by atoms with Crippen LogP contribution in [-0.4, -0.2) is 38.6 Å². The van der Waals surface area contributed by atoms with Crippen LogP contribution >= 0.6 is 0 Å². The lowest BCUT2D eigenvalue weighted by Gasteiger charge is -2.20. The van der Waals surface area contributed by atoms with Crippen molar-refractivity contribution in [1.29, 1.82) is 0 Å². The molecule has 128 valence electrons. The number of aliphatic hydroxyl groups excluding tert-OH is 1. The number of rotatable bonds is 6. The molecule has 0 aliphatic rings. The van der Waals surface area contributed by atoms with Gasteiger partial charge in [-0.1, -0.05) is 24.3 Å². The highest BCUT2D eigenvalue weighted by Gasteiger charge is 2.11. The number of para-hydroxylation sites is 1. The number of aromatic nitrogens is 2. The number of hydrogen-bond acceptors (Lipinski definition) is 3. The zero-order valence-corrected chi connectivity index (χ0v) is 14.2. The Morgan fingerprint density at radius 1 is 1.28 bits per heavy atom. The van der Waals surface area contributed by atoms with E-state index in [9.17, 15) is 9.90 Å². The minimum Gasteiger partial charge on any atom is -0.395 e. The van der Waals surface area contributed by atoms with E-state index in [1.807, 2.05) is 54.2 Å². The summed E-state index contributed by atoms with van der Waals surface area (Å²) in [6, 6.07) is 11.8. The van der Waals surface area contributed by atoms with Gasteiger partial charge in [-0.15, -0.1) is 0 Å². The third kappa shape index (κ3) is 3.95. The molecule has 1 amide bonds. The van der Waals surface area contributed by atoms with Crippen molar-refractivity contribution in [2.24, 2.45) is 7.05 Å². The molecule has 1 N–H and O–H groups in total. The van der Waals surface area contributed by atoms with Gasteiger partial charge in [-0.3, -0.25) is 9.78 Å². The average molecular weight is 335 g/mol. The minimum atomic E-state index is -0.133. The van der Waals surface area contributed by atoms with Gasteiger partial charge in [0.1, 0.15) is 0 Å². The number of aliphatic hydroxyl groups is 1. The summed E-state index contributed by atoms with van der Waals surface area (Å²) in [6.07, 6.45) is 8.83. The number of pyridine rings is 1. The quantitative estimate of drug-likeness (QED) is 0.705. The molecule has 0 radical (unpaired) electrons. The SMILES string of the molecule is Cn1cc(/C=C/C(=O)N(CCO)Cc2cccnc2)c2ccccc21. The average Bonchev–Trinajstić information content (AvgIpc) is 2.96. The standard InChI is InChI=1S/C20H21N3O2/c1-22-15-17(18-6-2-3-7-19(18)22)8-9-20(25)23(11-12-24)14-16-5-4-10-21-13-16/h2-10,13,15,24H,11-12,14H2,1H3/b9-8+. The van der Waals surface area contributed by atoms with Crippen LogP contribution in [0.4, 0.5) is 0 Å². The summed E-state index contributed by atoms with van der Waals surface area (Å²) >= 11 is 0. The summed E-state index contributed by atoms with van der Waals surface area (Å²) in [7, 11) is 1.99. The van der Waals surface area contributed by atoms with Gasteiger partial charge in [0.25, 0.3) is 0 Å². The summed E-state index contributed by atoms with van der Waals surface area (Å²) < 4.78 is 2.04. The summed E-state index contributed by atoms with van der Waals surface area (Å²) in [5.41, 5.74) is 3.05. The Morgan fingerprint density at radius 2 is 2.12 bits per heavy atom. The third-order valence-electron chi connectivity index (χ3n) is 4.11. The Kier molecular flexibility index (Phi) is 5.26. The van der Waals surface area contributed by atoms with E-state index in [-0.39, 0.29) is 19.1 Å². The molecule has 0 spiro atoms. The highest BCUT2D eigenvalue weighted by Crippen LogP contribution is 2.21. The van der Waals surface area contributed by atoms with Crippen LogP contribution in [0.5, 0.6) is 0 Å². The van der Waals surface area contributed by atoms with Crippen LogP contribution in [0.15, 0.2) is 61.1 Å². The lowest BCUT2D eigenvalue weighted by molar-refractivity contribution is -0.127. The fourth-order valence-electron chi connectivity index (χ4n) is 2.87. The van der Waals surface area contributed by atoms with Gasteiger partial charge in [0.15, 0.2) is 0 Å². The highest BCUT2D eigenvalue weighted by molar-refractivity contribution is 5.96. The van der Waals surface area contributed by atoms with E-state index in [1.165, 1.54) is 0 Å². The van der Waals surface area contributed by atoms with E-state index in [0.29, 0.717) is 6.54 Å².